The van der Waals surface area contributed by atoms with Crippen molar-refractivity contribution in [3.63, 3.8) is 0 Å². The molecule has 0 aliphatic heterocycles. The van der Waals surface area contributed by atoms with E-state index in [1.165, 1.54) is 60.2 Å². The van der Waals surface area contributed by atoms with Crippen molar-refractivity contribution in [1.29, 1.82) is 0 Å². The zero-order valence-electron chi connectivity index (χ0n) is 42.3. The van der Waals surface area contributed by atoms with E-state index < -0.39 is 8.07 Å². The molecule has 0 saturated carbocycles. The van der Waals surface area contributed by atoms with E-state index in [1.54, 1.807) is 0 Å². The third-order valence-corrected chi connectivity index (χ3v) is 15.6. The fourth-order valence-corrected chi connectivity index (χ4v) is 11.6. The summed E-state index contributed by atoms with van der Waals surface area (Å²) in [7, 11) is -1.34. The molecular weight excluding hydrogens is 1060 g/mol. The van der Waals surface area contributed by atoms with Crippen molar-refractivity contribution in [3.8, 4) is 50.6 Å². The number of aromatic nitrogens is 3. The monoisotopic (exact) mass is 1120 g/mol. The van der Waals surface area contributed by atoms with Gasteiger partial charge >= 0.3 is 0 Å². The number of hydrogen-bond donors (Lipinski definition) is 0. The Hall–Kier alpha value is -6.69. The third kappa shape index (κ3) is 9.99. The molecule has 0 aliphatic rings. The Morgan fingerprint density at radius 3 is 1.92 bits per heavy atom. The molecule has 3 heterocycles. The first-order valence-electron chi connectivity index (χ1n) is 24.9. The van der Waals surface area contributed by atoms with Crippen LogP contribution in [0.15, 0.2) is 180 Å². The van der Waals surface area contributed by atoms with Crippen molar-refractivity contribution in [2.75, 3.05) is 0 Å². The maximum absolute atomic E-state index is 6.16. The Morgan fingerprint density at radius 2 is 1.23 bits per heavy atom. The smallest absolute Gasteiger partial charge is 0.0798 e. The van der Waals surface area contributed by atoms with E-state index in [-0.39, 0.29) is 31.9 Å². The van der Waals surface area contributed by atoms with Crippen LogP contribution in [0, 0.1) is 18.2 Å². The zero-order chi connectivity index (χ0) is 48.7. The Labute approximate surface area is 434 Å². The molecule has 0 spiro atoms. The van der Waals surface area contributed by atoms with Crippen LogP contribution < -0.4 is 5.19 Å². The van der Waals surface area contributed by atoms with Crippen molar-refractivity contribution in [1.82, 2.24) is 14.5 Å². The molecule has 8 aromatic carbocycles. The van der Waals surface area contributed by atoms with Crippen LogP contribution in [0.25, 0.3) is 94.1 Å². The molecule has 4 nitrogen and oxygen atoms in total. The van der Waals surface area contributed by atoms with Gasteiger partial charge in [-0.1, -0.05) is 193 Å². The summed E-state index contributed by atoms with van der Waals surface area (Å²) in [5.74, 6) is 2.06. The SMILES string of the molecule is CC(C)Cc1cc(-c2[c-]cccc2)ncc1[Si](C)(C)C.CC(C)c1cc(-c2ccccc2)cc(C(C)C)c1-n1c(-c2[c-]oc3ccc(-c4ccc5ccc6ccccc6c5c4)cc23)nc2ccccc21.[Ir]. The molecule has 11 aromatic rings. The van der Waals surface area contributed by atoms with Gasteiger partial charge < -0.3 is 14.0 Å². The van der Waals surface area contributed by atoms with Crippen molar-refractivity contribution in [2.24, 2.45) is 5.92 Å². The molecule has 0 fully saturated rings. The van der Waals surface area contributed by atoms with Gasteiger partial charge in [-0.15, -0.1) is 35.9 Å². The second-order valence-corrected chi connectivity index (χ2v) is 25.8. The van der Waals surface area contributed by atoms with Crippen LogP contribution in [-0.2, 0) is 26.5 Å². The van der Waals surface area contributed by atoms with Crippen molar-refractivity contribution in [2.45, 2.75) is 79.4 Å². The Morgan fingerprint density at radius 1 is 0.592 bits per heavy atom. The fraction of sp³-hybridized carbons (Fsp3) is 0.200. The number of nitrogens with zero attached hydrogens (tertiary/aromatic N) is 3. The Balaban J connectivity index is 0.000000251. The maximum Gasteiger partial charge on any atom is 0.0798 e. The minimum absolute atomic E-state index is 0. The van der Waals surface area contributed by atoms with Gasteiger partial charge in [-0.05, 0) is 120 Å². The number of fused-ring (bicyclic) bond motifs is 5. The molecule has 0 bridgehead atoms. The van der Waals surface area contributed by atoms with E-state index in [9.17, 15) is 0 Å². The van der Waals surface area contributed by atoms with Crippen LogP contribution in [0.2, 0.25) is 19.6 Å². The number of pyridine rings is 1. The first-order valence-corrected chi connectivity index (χ1v) is 28.4. The predicted molar refractivity (Wildman–Crippen MR) is 299 cm³/mol. The molecule has 3 aromatic heterocycles. The summed E-state index contributed by atoms with van der Waals surface area (Å²) in [6, 6.07) is 63.7. The quantitative estimate of drug-likeness (QED) is 0.0779. The van der Waals surface area contributed by atoms with Crippen molar-refractivity contribution in [3.05, 3.63) is 205 Å². The minimum Gasteiger partial charge on any atom is -0.557 e. The van der Waals surface area contributed by atoms with Gasteiger partial charge in [0.05, 0.1) is 24.9 Å². The molecule has 357 valence electrons. The van der Waals surface area contributed by atoms with Crippen LogP contribution in [0.3, 0.4) is 0 Å². The average molecular weight is 1120 g/mol. The van der Waals surface area contributed by atoms with E-state index in [2.05, 4.69) is 241 Å². The van der Waals surface area contributed by atoms with Gasteiger partial charge in [0.15, 0.2) is 0 Å². The average Bonchev–Trinajstić information content (AvgIpc) is 3.97. The molecular formula is C65H61IrN3OSi-2. The molecule has 11 rings (SSSR count). The van der Waals surface area contributed by atoms with E-state index in [0.717, 1.165) is 62.2 Å². The molecule has 0 amide bonds. The van der Waals surface area contributed by atoms with Gasteiger partial charge in [-0.25, -0.2) is 0 Å². The Kier molecular flexibility index (Phi) is 14.3. The summed E-state index contributed by atoms with van der Waals surface area (Å²) in [6.07, 6.45) is 6.55. The van der Waals surface area contributed by atoms with Crippen molar-refractivity contribution < 1.29 is 24.5 Å². The summed E-state index contributed by atoms with van der Waals surface area (Å²) >= 11 is 0. The molecule has 1 radical (unpaired) electrons. The van der Waals surface area contributed by atoms with Crippen LogP contribution in [0.5, 0.6) is 0 Å². The minimum atomic E-state index is -1.34. The van der Waals surface area contributed by atoms with E-state index in [0.29, 0.717) is 5.92 Å². The predicted octanol–water partition coefficient (Wildman–Crippen LogP) is 17.4. The first kappa shape index (κ1) is 49.3. The van der Waals surface area contributed by atoms with Gasteiger partial charge in [0.25, 0.3) is 0 Å². The zero-order valence-corrected chi connectivity index (χ0v) is 45.7. The molecule has 0 aliphatic carbocycles. The van der Waals surface area contributed by atoms with Crippen LogP contribution in [0.1, 0.15) is 70.1 Å². The van der Waals surface area contributed by atoms with Gasteiger partial charge in [0, 0.05) is 43.8 Å². The molecule has 0 N–H and O–H groups in total. The van der Waals surface area contributed by atoms with Crippen molar-refractivity contribution >= 4 is 56.8 Å². The largest absolute Gasteiger partial charge is 0.557 e. The summed E-state index contributed by atoms with van der Waals surface area (Å²) in [5, 5.41) is 7.49. The molecule has 0 unspecified atom stereocenters. The second-order valence-electron chi connectivity index (χ2n) is 20.8. The third-order valence-electron chi connectivity index (χ3n) is 13.5. The molecule has 71 heavy (non-hydrogen) atoms. The Bertz CT molecular complexity index is 3630. The van der Waals surface area contributed by atoms with E-state index in [1.807, 2.05) is 18.2 Å². The normalized spacial score (nSPS) is 11.8. The van der Waals surface area contributed by atoms with Crippen LogP contribution in [-0.4, -0.2) is 22.6 Å². The number of para-hydroxylation sites is 2. The van der Waals surface area contributed by atoms with Crippen LogP contribution >= 0.6 is 0 Å². The fourth-order valence-electron chi connectivity index (χ4n) is 10.0. The summed E-state index contributed by atoms with van der Waals surface area (Å²) in [6.45, 7) is 20.9. The van der Waals surface area contributed by atoms with Gasteiger partial charge in [0.1, 0.15) is 0 Å². The number of hydrogen-bond acceptors (Lipinski definition) is 3. The number of rotatable bonds is 10. The molecule has 6 heteroatoms. The van der Waals surface area contributed by atoms with Gasteiger partial charge in [-0.2, -0.15) is 0 Å². The van der Waals surface area contributed by atoms with Gasteiger partial charge in [0.2, 0.25) is 0 Å². The van der Waals surface area contributed by atoms with E-state index in [4.69, 9.17) is 9.40 Å². The molecule has 0 atom stereocenters. The summed E-state index contributed by atoms with van der Waals surface area (Å²) in [4.78, 5) is 10.00. The number of benzene rings is 8. The van der Waals surface area contributed by atoms with E-state index >= 15 is 0 Å². The number of furan rings is 1. The summed E-state index contributed by atoms with van der Waals surface area (Å²) in [5.41, 5.74) is 15.8. The molecule has 0 saturated heterocycles. The van der Waals surface area contributed by atoms with Gasteiger partial charge in [-0.3, -0.25) is 4.98 Å². The standard InChI is InChI=1S/C47H37N2O.C18H24NSi.Ir/c1-29(2)38-26-36(31-12-6-5-7-13-31)27-39(30(3)4)46(38)49-44-17-11-10-16-43(44)48-47(49)42-28-50-45-23-22-35(25-41(42)45)34-21-20-33-19-18-32-14-8-9-15-37(32)40(33)24-34;1-14(2)11-16-12-17(15-9-7-6-8-10-15)19-13-18(16)20(3,4)5;/h5-27,29-30H,1-4H3;6-9,12-14H,11H2,1-5H3;/q2*-1;. The maximum atomic E-state index is 6.16. The summed E-state index contributed by atoms with van der Waals surface area (Å²) < 4.78 is 8.53. The number of imidazole rings is 1. The van der Waals surface area contributed by atoms with Crippen LogP contribution in [0.4, 0.5) is 0 Å². The topological polar surface area (TPSA) is 43.9 Å². The first-order chi connectivity index (χ1) is 33.8. The second kappa shape index (κ2) is 20.6.